The molecule has 0 spiro atoms. The minimum Gasteiger partial charge on any atom is -0.387 e. The first-order chi connectivity index (χ1) is 10.3. The van der Waals surface area contributed by atoms with Crippen LogP contribution in [0.2, 0.25) is 5.02 Å². The molecule has 21 heavy (non-hydrogen) atoms. The van der Waals surface area contributed by atoms with Crippen LogP contribution in [-0.2, 0) is 0 Å². The Hall–Kier alpha value is -1.35. The quantitative estimate of drug-likeness (QED) is 0.914. The summed E-state index contributed by atoms with van der Waals surface area (Å²) in [6.45, 7) is 1.66. The summed E-state index contributed by atoms with van der Waals surface area (Å²) in [6, 6.07) is 18.5. The van der Waals surface area contributed by atoms with Gasteiger partial charge in [0.2, 0.25) is 0 Å². The van der Waals surface area contributed by atoms with E-state index < -0.39 is 6.10 Å². The molecule has 0 amide bonds. The van der Waals surface area contributed by atoms with Crippen LogP contribution in [0.1, 0.15) is 36.1 Å². The largest absolute Gasteiger partial charge is 0.387 e. The van der Waals surface area contributed by atoms with Gasteiger partial charge in [-0.05, 0) is 31.0 Å². The Bertz CT molecular complexity index is 587. The van der Waals surface area contributed by atoms with E-state index in [9.17, 15) is 5.11 Å². The average molecular weight is 302 g/mol. The Labute approximate surface area is 131 Å². The van der Waals surface area contributed by atoms with E-state index >= 15 is 0 Å². The number of aliphatic hydroxyl groups excluding tert-OH is 1. The van der Waals surface area contributed by atoms with Crippen molar-refractivity contribution in [2.24, 2.45) is 0 Å². The molecule has 2 aromatic carbocycles. The van der Waals surface area contributed by atoms with Crippen molar-refractivity contribution in [3.8, 4) is 0 Å². The molecule has 0 bridgehead atoms. The van der Waals surface area contributed by atoms with E-state index in [1.807, 2.05) is 30.3 Å². The minimum absolute atomic E-state index is 0.406. The van der Waals surface area contributed by atoms with Crippen LogP contribution in [-0.4, -0.2) is 23.1 Å². The standard InChI is InChI=1S/C18H20ClNO/c19-16-10-5-4-9-15(16)18(21)13-20-12-6-11-17(20)14-7-2-1-3-8-14/h1-5,7-10,17-18,21H,6,11-13H2. The molecular weight excluding hydrogens is 282 g/mol. The first-order valence-electron chi connectivity index (χ1n) is 7.47. The van der Waals surface area contributed by atoms with E-state index in [1.54, 1.807) is 0 Å². The summed E-state index contributed by atoms with van der Waals surface area (Å²) in [4.78, 5) is 2.36. The summed E-state index contributed by atoms with van der Waals surface area (Å²) in [5.41, 5.74) is 2.15. The van der Waals surface area contributed by atoms with Gasteiger partial charge in [-0.15, -0.1) is 0 Å². The van der Waals surface area contributed by atoms with Gasteiger partial charge in [0.25, 0.3) is 0 Å². The lowest BCUT2D eigenvalue weighted by Crippen LogP contribution is -2.28. The fourth-order valence-corrected chi connectivity index (χ4v) is 3.42. The van der Waals surface area contributed by atoms with Gasteiger partial charge in [-0.25, -0.2) is 0 Å². The van der Waals surface area contributed by atoms with E-state index in [1.165, 1.54) is 12.0 Å². The normalized spacial score (nSPS) is 20.6. The zero-order valence-corrected chi connectivity index (χ0v) is 12.7. The van der Waals surface area contributed by atoms with Crippen LogP contribution >= 0.6 is 11.6 Å². The molecule has 1 aliphatic rings. The highest BCUT2D eigenvalue weighted by Gasteiger charge is 2.28. The second-order valence-corrected chi connectivity index (χ2v) is 6.01. The maximum atomic E-state index is 10.5. The fourth-order valence-electron chi connectivity index (χ4n) is 3.16. The molecule has 2 unspecified atom stereocenters. The number of nitrogens with zero attached hydrogens (tertiary/aromatic N) is 1. The first kappa shape index (κ1) is 14.6. The van der Waals surface area contributed by atoms with E-state index in [0.717, 1.165) is 18.5 Å². The molecular formula is C18H20ClNO. The van der Waals surface area contributed by atoms with Crippen LogP contribution in [0.15, 0.2) is 54.6 Å². The van der Waals surface area contributed by atoms with Crippen LogP contribution in [0.5, 0.6) is 0 Å². The van der Waals surface area contributed by atoms with Crippen LogP contribution in [0.4, 0.5) is 0 Å². The molecule has 0 aliphatic carbocycles. The lowest BCUT2D eigenvalue weighted by Gasteiger charge is -2.27. The maximum absolute atomic E-state index is 10.5. The monoisotopic (exact) mass is 301 g/mol. The Kier molecular flexibility index (Phi) is 4.59. The second-order valence-electron chi connectivity index (χ2n) is 5.60. The zero-order chi connectivity index (χ0) is 14.7. The minimum atomic E-state index is -0.539. The first-order valence-corrected chi connectivity index (χ1v) is 7.85. The molecule has 2 atom stereocenters. The molecule has 3 rings (SSSR count). The molecule has 1 saturated heterocycles. The van der Waals surface area contributed by atoms with E-state index in [2.05, 4.69) is 29.2 Å². The third-order valence-corrected chi connectivity index (χ3v) is 4.56. The maximum Gasteiger partial charge on any atom is 0.0931 e. The summed E-state index contributed by atoms with van der Waals surface area (Å²) in [5, 5.41) is 11.1. The van der Waals surface area contributed by atoms with Crippen molar-refractivity contribution >= 4 is 11.6 Å². The Morgan fingerprint density at radius 3 is 2.57 bits per heavy atom. The molecule has 1 fully saturated rings. The van der Waals surface area contributed by atoms with E-state index in [4.69, 9.17) is 11.6 Å². The highest BCUT2D eigenvalue weighted by molar-refractivity contribution is 6.31. The number of aliphatic hydroxyl groups is 1. The van der Waals surface area contributed by atoms with Crippen molar-refractivity contribution in [3.63, 3.8) is 0 Å². The summed E-state index contributed by atoms with van der Waals surface area (Å²) in [6.07, 6.45) is 1.79. The van der Waals surface area contributed by atoms with Crippen LogP contribution in [0.25, 0.3) is 0 Å². The third-order valence-electron chi connectivity index (χ3n) is 4.22. The third kappa shape index (κ3) is 3.29. The lowest BCUT2D eigenvalue weighted by molar-refractivity contribution is 0.106. The van der Waals surface area contributed by atoms with Gasteiger partial charge in [0.15, 0.2) is 0 Å². The van der Waals surface area contributed by atoms with Gasteiger partial charge in [0.05, 0.1) is 6.10 Å². The smallest absolute Gasteiger partial charge is 0.0931 e. The molecule has 1 heterocycles. The van der Waals surface area contributed by atoms with Crippen molar-refractivity contribution in [2.75, 3.05) is 13.1 Å². The SMILES string of the molecule is OC(CN1CCCC1c1ccccc1)c1ccccc1Cl. The number of hydrogen-bond donors (Lipinski definition) is 1. The molecule has 110 valence electrons. The summed E-state index contributed by atoms with van der Waals surface area (Å²) >= 11 is 6.18. The molecule has 2 nitrogen and oxygen atoms in total. The van der Waals surface area contributed by atoms with Crippen molar-refractivity contribution in [1.29, 1.82) is 0 Å². The van der Waals surface area contributed by atoms with Crippen molar-refractivity contribution in [1.82, 2.24) is 4.90 Å². The summed E-state index contributed by atoms with van der Waals surface area (Å²) in [7, 11) is 0. The van der Waals surface area contributed by atoms with Crippen molar-refractivity contribution in [2.45, 2.75) is 25.0 Å². The van der Waals surface area contributed by atoms with Crippen LogP contribution in [0.3, 0.4) is 0 Å². The Balaban J connectivity index is 1.73. The lowest BCUT2D eigenvalue weighted by atomic mass is 10.0. The highest BCUT2D eigenvalue weighted by Crippen LogP contribution is 2.34. The zero-order valence-electron chi connectivity index (χ0n) is 12.0. The predicted molar refractivity (Wildman–Crippen MR) is 86.4 cm³/mol. The highest BCUT2D eigenvalue weighted by atomic mass is 35.5. The van der Waals surface area contributed by atoms with Gasteiger partial charge < -0.3 is 5.11 Å². The molecule has 0 saturated carbocycles. The topological polar surface area (TPSA) is 23.5 Å². The number of β-amino-alcohol motifs (C(OH)–C–C–N with tert-alkyl or cyclic N) is 1. The van der Waals surface area contributed by atoms with E-state index in [-0.39, 0.29) is 0 Å². The fraction of sp³-hybridized carbons (Fsp3) is 0.333. The van der Waals surface area contributed by atoms with Gasteiger partial charge in [-0.3, -0.25) is 4.90 Å². The van der Waals surface area contributed by atoms with Gasteiger partial charge in [0.1, 0.15) is 0 Å². The molecule has 0 radical (unpaired) electrons. The predicted octanol–water partition coefficient (Wildman–Crippen LogP) is 4.21. The number of hydrogen-bond acceptors (Lipinski definition) is 2. The van der Waals surface area contributed by atoms with Crippen molar-refractivity contribution < 1.29 is 5.11 Å². The van der Waals surface area contributed by atoms with Crippen LogP contribution in [0, 0.1) is 0 Å². The number of likely N-dealkylation sites (tertiary alicyclic amines) is 1. The van der Waals surface area contributed by atoms with Crippen LogP contribution < -0.4 is 0 Å². The Morgan fingerprint density at radius 1 is 1.10 bits per heavy atom. The second kappa shape index (κ2) is 6.61. The average Bonchev–Trinajstić information content (AvgIpc) is 2.96. The molecule has 2 aromatic rings. The summed E-state index contributed by atoms with van der Waals surface area (Å²) < 4.78 is 0. The number of benzene rings is 2. The number of halogens is 1. The summed E-state index contributed by atoms with van der Waals surface area (Å²) in [5.74, 6) is 0. The molecule has 1 N–H and O–H groups in total. The molecule has 1 aliphatic heterocycles. The molecule has 0 aromatic heterocycles. The number of rotatable bonds is 4. The van der Waals surface area contributed by atoms with E-state index in [0.29, 0.717) is 17.6 Å². The van der Waals surface area contributed by atoms with Gasteiger partial charge in [-0.1, -0.05) is 60.1 Å². The van der Waals surface area contributed by atoms with Gasteiger partial charge >= 0.3 is 0 Å². The van der Waals surface area contributed by atoms with Crippen molar-refractivity contribution in [3.05, 3.63) is 70.7 Å². The van der Waals surface area contributed by atoms with Gasteiger partial charge in [-0.2, -0.15) is 0 Å². The molecule has 3 heteroatoms. The Morgan fingerprint density at radius 2 is 1.81 bits per heavy atom. The van der Waals surface area contributed by atoms with Gasteiger partial charge in [0, 0.05) is 23.2 Å².